The summed E-state index contributed by atoms with van der Waals surface area (Å²) in [6.07, 6.45) is 1.59. The maximum atomic E-state index is 12.6. The Morgan fingerprint density at radius 2 is 1.67 bits per heavy atom. The first kappa shape index (κ1) is 18.3. The molecule has 0 aliphatic rings. The highest BCUT2D eigenvalue weighted by molar-refractivity contribution is 6.04. The van der Waals surface area contributed by atoms with Gasteiger partial charge >= 0.3 is 0 Å². The molecule has 3 aromatic rings. The summed E-state index contributed by atoms with van der Waals surface area (Å²) in [5.41, 5.74) is 5.47. The van der Waals surface area contributed by atoms with Crippen molar-refractivity contribution in [2.45, 2.75) is 20.8 Å². The molecule has 136 valence electrons. The average Bonchev–Trinajstić information content (AvgIpc) is 2.66. The number of aryl methyl sites for hydroxylation is 1. The minimum absolute atomic E-state index is 0.0239. The number of aromatic nitrogens is 1. The summed E-state index contributed by atoms with van der Waals surface area (Å²) in [4.78, 5) is 28.1. The van der Waals surface area contributed by atoms with Crippen LogP contribution in [0.15, 0.2) is 60.8 Å². The Labute approximate surface area is 158 Å². The van der Waals surface area contributed by atoms with Crippen molar-refractivity contribution < 1.29 is 9.59 Å². The van der Waals surface area contributed by atoms with E-state index in [-0.39, 0.29) is 11.7 Å². The van der Waals surface area contributed by atoms with Gasteiger partial charge < -0.3 is 10.6 Å². The fourth-order valence-electron chi connectivity index (χ4n) is 2.66. The molecule has 0 fully saturated rings. The van der Waals surface area contributed by atoms with Gasteiger partial charge in [0.25, 0.3) is 5.91 Å². The van der Waals surface area contributed by atoms with Crippen molar-refractivity contribution in [1.29, 1.82) is 0 Å². The van der Waals surface area contributed by atoms with Crippen molar-refractivity contribution in [3.63, 3.8) is 0 Å². The number of Topliss-reactive ketones (excluding diaryl/α,β-unsaturated/α-hetero) is 1. The van der Waals surface area contributed by atoms with Crippen LogP contribution in [-0.4, -0.2) is 16.7 Å². The molecular formula is C22H21N3O2. The second-order valence-electron chi connectivity index (χ2n) is 6.39. The summed E-state index contributed by atoms with van der Waals surface area (Å²) in [5.74, 6) is -0.241. The van der Waals surface area contributed by atoms with E-state index in [0.29, 0.717) is 11.3 Å². The first-order valence-electron chi connectivity index (χ1n) is 8.65. The number of ketones is 1. The smallest absolute Gasteiger partial charge is 0.274 e. The summed E-state index contributed by atoms with van der Waals surface area (Å²) < 4.78 is 0. The molecule has 1 amide bonds. The highest BCUT2D eigenvalue weighted by Gasteiger charge is 2.11. The van der Waals surface area contributed by atoms with Gasteiger partial charge in [0.1, 0.15) is 5.69 Å². The van der Waals surface area contributed by atoms with E-state index in [4.69, 9.17) is 0 Å². The second kappa shape index (κ2) is 7.83. The van der Waals surface area contributed by atoms with Gasteiger partial charge in [-0.2, -0.15) is 0 Å². The molecule has 0 saturated heterocycles. The zero-order valence-corrected chi connectivity index (χ0v) is 15.5. The average molecular weight is 359 g/mol. The minimum atomic E-state index is -0.265. The normalized spacial score (nSPS) is 10.3. The lowest BCUT2D eigenvalue weighted by molar-refractivity contribution is 0.101. The Morgan fingerprint density at radius 1 is 0.926 bits per heavy atom. The monoisotopic (exact) mass is 359 g/mol. The van der Waals surface area contributed by atoms with E-state index in [2.05, 4.69) is 15.6 Å². The predicted octanol–water partition coefficient (Wildman–Crippen LogP) is 4.90. The topological polar surface area (TPSA) is 71.1 Å². The molecule has 0 saturated carbocycles. The summed E-state index contributed by atoms with van der Waals surface area (Å²) in [6.45, 7) is 5.51. The lowest BCUT2D eigenvalue weighted by atomic mass is 10.1. The molecule has 0 aliphatic carbocycles. The largest absolute Gasteiger partial charge is 0.355 e. The molecule has 2 aromatic carbocycles. The van der Waals surface area contributed by atoms with Crippen LogP contribution in [0.5, 0.6) is 0 Å². The molecular weight excluding hydrogens is 338 g/mol. The first-order chi connectivity index (χ1) is 12.9. The van der Waals surface area contributed by atoms with Crippen LogP contribution in [0.1, 0.15) is 38.9 Å². The van der Waals surface area contributed by atoms with E-state index >= 15 is 0 Å². The molecule has 0 unspecified atom stereocenters. The quantitative estimate of drug-likeness (QED) is 0.636. The van der Waals surface area contributed by atoms with Gasteiger partial charge in [-0.1, -0.05) is 12.1 Å². The standard InChI is InChI=1S/C22H21N3O2/c1-14-5-4-6-20(15(14)2)25-22(27)21-13-19(11-12-23-21)24-18-9-7-17(8-10-18)16(3)26/h4-13H,1-3H3,(H,23,24)(H,25,27). The van der Waals surface area contributed by atoms with E-state index in [0.717, 1.165) is 28.2 Å². The molecule has 1 aromatic heterocycles. The number of hydrogen-bond donors (Lipinski definition) is 2. The number of carbonyl (C=O) groups excluding carboxylic acids is 2. The van der Waals surface area contributed by atoms with Crippen LogP contribution >= 0.6 is 0 Å². The number of amides is 1. The third kappa shape index (κ3) is 4.39. The Balaban J connectivity index is 1.75. The van der Waals surface area contributed by atoms with E-state index in [9.17, 15) is 9.59 Å². The van der Waals surface area contributed by atoms with Gasteiger partial charge in [-0.3, -0.25) is 14.6 Å². The number of benzene rings is 2. The third-order valence-corrected chi connectivity index (χ3v) is 4.43. The third-order valence-electron chi connectivity index (χ3n) is 4.43. The molecule has 1 heterocycles. The maximum absolute atomic E-state index is 12.6. The van der Waals surface area contributed by atoms with Crippen molar-refractivity contribution in [3.8, 4) is 0 Å². The fourth-order valence-corrected chi connectivity index (χ4v) is 2.66. The van der Waals surface area contributed by atoms with Crippen LogP contribution in [0, 0.1) is 13.8 Å². The molecule has 2 N–H and O–H groups in total. The van der Waals surface area contributed by atoms with Crippen molar-refractivity contribution in [3.05, 3.63) is 83.2 Å². The highest BCUT2D eigenvalue weighted by Crippen LogP contribution is 2.20. The number of rotatable bonds is 5. The molecule has 0 spiro atoms. The number of hydrogen-bond acceptors (Lipinski definition) is 4. The van der Waals surface area contributed by atoms with Gasteiger partial charge in [0, 0.05) is 28.8 Å². The zero-order valence-electron chi connectivity index (χ0n) is 15.5. The van der Waals surface area contributed by atoms with Crippen LogP contribution in [0.3, 0.4) is 0 Å². The predicted molar refractivity (Wildman–Crippen MR) is 108 cm³/mol. The summed E-state index contributed by atoms with van der Waals surface area (Å²) >= 11 is 0. The Morgan fingerprint density at radius 3 is 2.37 bits per heavy atom. The van der Waals surface area contributed by atoms with Gasteiger partial charge in [0.2, 0.25) is 0 Å². The number of nitrogens with zero attached hydrogens (tertiary/aromatic N) is 1. The van der Waals surface area contributed by atoms with E-state index in [1.54, 1.807) is 30.5 Å². The van der Waals surface area contributed by atoms with Crippen molar-refractivity contribution in [2.75, 3.05) is 10.6 Å². The number of nitrogens with one attached hydrogen (secondary N) is 2. The molecule has 27 heavy (non-hydrogen) atoms. The van der Waals surface area contributed by atoms with Gasteiger partial charge in [-0.25, -0.2) is 0 Å². The van der Waals surface area contributed by atoms with Crippen LogP contribution in [0.4, 0.5) is 17.1 Å². The minimum Gasteiger partial charge on any atom is -0.355 e. The molecule has 3 rings (SSSR count). The lowest BCUT2D eigenvalue weighted by Gasteiger charge is -2.11. The Hall–Kier alpha value is -3.47. The van der Waals surface area contributed by atoms with Gasteiger partial charge in [0.15, 0.2) is 5.78 Å². The van der Waals surface area contributed by atoms with Crippen LogP contribution in [-0.2, 0) is 0 Å². The highest BCUT2D eigenvalue weighted by atomic mass is 16.2. The summed E-state index contributed by atoms with van der Waals surface area (Å²) in [7, 11) is 0. The maximum Gasteiger partial charge on any atom is 0.274 e. The number of carbonyl (C=O) groups is 2. The summed E-state index contributed by atoms with van der Waals surface area (Å²) in [6, 6.07) is 16.4. The van der Waals surface area contributed by atoms with E-state index in [1.165, 1.54) is 6.92 Å². The van der Waals surface area contributed by atoms with Gasteiger partial charge in [0.05, 0.1) is 0 Å². The number of anilines is 3. The van der Waals surface area contributed by atoms with Crippen molar-refractivity contribution >= 4 is 28.8 Å². The first-order valence-corrected chi connectivity index (χ1v) is 8.65. The molecule has 0 aliphatic heterocycles. The molecule has 0 atom stereocenters. The van der Waals surface area contributed by atoms with Crippen LogP contribution in [0.2, 0.25) is 0 Å². The van der Waals surface area contributed by atoms with Crippen LogP contribution in [0.25, 0.3) is 0 Å². The lowest BCUT2D eigenvalue weighted by Crippen LogP contribution is -2.14. The van der Waals surface area contributed by atoms with Crippen LogP contribution < -0.4 is 10.6 Å². The van der Waals surface area contributed by atoms with Crippen molar-refractivity contribution in [1.82, 2.24) is 4.98 Å². The molecule has 5 nitrogen and oxygen atoms in total. The molecule has 5 heteroatoms. The Kier molecular flexibility index (Phi) is 5.31. The Bertz CT molecular complexity index is 995. The fraction of sp³-hybridized carbons (Fsp3) is 0.136. The second-order valence-corrected chi connectivity index (χ2v) is 6.39. The molecule has 0 bridgehead atoms. The number of pyridine rings is 1. The van der Waals surface area contributed by atoms with E-state index in [1.807, 2.05) is 44.2 Å². The van der Waals surface area contributed by atoms with Gasteiger partial charge in [-0.05, 0) is 74.4 Å². The van der Waals surface area contributed by atoms with E-state index < -0.39 is 0 Å². The molecule has 0 radical (unpaired) electrons. The SMILES string of the molecule is CC(=O)c1ccc(Nc2ccnc(C(=O)Nc3cccc(C)c3C)c2)cc1. The zero-order chi connectivity index (χ0) is 19.4. The van der Waals surface area contributed by atoms with Crippen molar-refractivity contribution in [2.24, 2.45) is 0 Å². The van der Waals surface area contributed by atoms with Gasteiger partial charge in [-0.15, -0.1) is 0 Å². The summed E-state index contributed by atoms with van der Waals surface area (Å²) in [5, 5.41) is 6.13.